The number of benzene rings is 1. The molecule has 29 heavy (non-hydrogen) atoms. The first kappa shape index (κ1) is 22.1. The summed E-state index contributed by atoms with van der Waals surface area (Å²) in [6, 6.07) is 5.88. The molecular formula is C23H32N4O2. The maximum absolute atomic E-state index is 11.9. The number of rotatable bonds is 9. The summed E-state index contributed by atoms with van der Waals surface area (Å²) in [5, 5.41) is 6.02. The summed E-state index contributed by atoms with van der Waals surface area (Å²) in [6.45, 7) is 5.86. The van der Waals surface area contributed by atoms with E-state index in [9.17, 15) is 4.79 Å². The fraction of sp³-hybridized carbons (Fsp3) is 0.348. The highest BCUT2D eigenvalue weighted by atomic mass is 16.5. The lowest BCUT2D eigenvalue weighted by atomic mass is 10.0. The van der Waals surface area contributed by atoms with Crippen molar-refractivity contribution in [2.45, 2.75) is 40.0 Å². The van der Waals surface area contributed by atoms with Gasteiger partial charge in [0, 0.05) is 23.3 Å². The molecule has 6 nitrogen and oxygen atoms in total. The van der Waals surface area contributed by atoms with Gasteiger partial charge in [-0.1, -0.05) is 37.3 Å². The van der Waals surface area contributed by atoms with Crippen molar-refractivity contribution >= 4 is 17.2 Å². The van der Waals surface area contributed by atoms with Crippen LogP contribution in [0.4, 0.5) is 5.69 Å². The van der Waals surface area contributed by atoms with E-state index in [4.69, 9.17) is 16.2 Å². The number of nitrogens with one attached hydrogen (secondary N) is 2. The predicted octanol–water partition coefficient (Wildman–Crippen LogP) is 3.99. The quantitative estimate of drug-likeness (QED) is 0.473. The molecule has 0 radical (unpaired) electrons. The lowest BCUT2D eigenvalue weighted by Crippen LogP contribution is -2.29. The van der Waals surface area contributed by atoms with Gasteiger partial charge in [-0.15, -0.1) is 0 Å². The van der Waals surface area contributed by atoms with Crippen LogP contribution in [0.1, 0.15) is 45.6 Å². The average Bonchev–Trinajstić information content (AvgIpc) is 3.53. The summed E-state index contributed by atoms with van der Waals surface area (Å²) >= 11 is 0. The zero-order valence-electron chi connectivity index (χ0n) is 17.7. The molecule has 0 saturated heterocycles. The smallest absolute Gasteiger partial charge is 0.228 e. The highest BCUT2D eigenvalue weighted by Crippen LogP contribution is 2.35. The van der Waals surface area contributed by atoms with Crippen molar-refractivity contribution in [1.82, 2.24) is 5.32 Å². The summed E-state index contributed by atoms with van der Waals surface area (Å²) in [5.41, 5.74) is 16.0. The molecule has 0 aliphatic heterocycles. The van der Waals surface area contributed by atoms with Gasteiger partial charge in [-0.2, -0.15) is 0 Å². The van der Waals surface area contributed by atoms with Crippen LogP contribution in [0.15, 0.2) is 59.7 Å². The maximum atomic E-state index is 11.9. The second-order valence-corrected chi connectivity index (χ2v) is 7.03. The van der Waals surface area contributed by atoms with Crippen molar-refractivity contribution in [1.29, 1.82) is 0 Å². The van der Waals surface area contributed by atoms with E-state index in [2.05, 4.69) is 29.7 Å². The van der Waals surface area contributed by atoms with Crippen LogP contribution >= 0.6 is 0 Å². The van der Waals surface area contributed by atoms with E-state index in [1.807, 2.05) is 31.2 Å². The molecule has 6 N–H and O–H groups in total. The molecule has 1 saturated carbocycles. The minimum absolute atomic E-state index is 0.0483. The minimum Gasteiger partial charge on any atom is -0.494 e. The highest BCUT2D eigenvalue weighted by molar-refractivity contribution is 5.83. The van der Waals surface area contributed by atoms with Crippen molar-refractivity contribution in [2.24, 2.45) is 17.4 Å². The van der Waals surface area contributed by atoms with Crippen molar-refractivity contribution in [3.8, 4) is 5.75 Å². The van der Waals surface area contributed by atoms with Gasteiger partial charge in [0.1, 0.15) is 11.6 Å². The molecule has 0 heterocycles. The van der Waals surface area contributed by atoms with E-state index >= 15 is 0 Å². The number of allylic oxidation sites excluding steroid dienone is 6. The number of carbonyl (C=O) groups is 1. The Labute approximate surface area is 173 Å². The third-order valence-electron chi connectivity index (χ3n) is 4.58. The Morgan fingerprint density at radius 3 is 2.59 bits per heavy atom. The molecule has 0 aromatic heterocycles. The number of ether oxygens (including phenoxy) is 1. The number of para-hydroxylation sites is 1. The molecular weight excluding hydrogens is 364 g/mol. The van der Waals surface area contributed by atoms with Gasteiger partial charge < -0.3 is 26.8 Å². The van der Waals surface area contributed by atoms with Gasteiger partial charge >= 0.3 is 0 Å². The molecule has 2 rings (SSSR count). The third kappa shape index (κ3) is 6.17. The Kier molecular flexibility index (Phi) is 7.95. The maximum Gasteiger partial charge on any atom is 0.228 e. The number of amides is 1. The van der Waals surface area contributed by atoms with E-state index in [0.717, 1.165) is 36.1 Å². The van der Waals surface area contributed by atoms with E-state index in [0.29, 0.717) is 17.1 Å². The van der Waals surface area contributed by atoms with Gasteiger partial charge in [0.25, 0.3) is 0 Å². The first-order valence-electron chi connectivity index (χ1n) is 9.92. The number of methoxy groups -OCH3 is 1. The molecule has 0 spiro atoms. The molecule has 6 heteroatoms. The molecule has 1 fully saturated rings. The van der Waals surface area contributed by atoms with Gasteiger partial charge in [0.05, 0.1) is 18.5 Å². The highest BCUT2D eigenvalue weighted by Gasteiger charge is 2.29. The lowest BCUT2D eigenvalue weighted by molar-refractivity contribution is -0.121. The minimum atomic E-state index is -0.0483. The Morgan fingerprint density at radius 1 is 1.31 bits per heavy atom. The number of carbonyl (C=O) groups excluding carboxylic acids is 1. The van der Waals surface area contributed by atoms with Gasteiger partial charge in [-0.3, -0.25) is 4.79 Å². The number of anilines is 1. The Morgan fingerprint density at radius 2 is 2.03 bits per heavy atom. The van der Waals surface area contributed by atoms with E-state index < -0.39 is 0 Å². The van der Waals surface area contributed by atoms with Crippen LogP contribution in [0.5, 0.6) is 5.75 Å². The zero-order chi connectivity index (χ0) is 21.4. The van der Waals surface area contributed by atoms with E-state index in [1.165, 1.54) is 0 Å². The van der Waals surface area contributed by atoms with Crippen molar-refractivity contribution in [3.63, 3.8) is 0 Å². The van der Waals surface area contributed by atoms with Crippen LogP contribution in [0.25, 0.3) is 5.57 Å². The topological polar surface area (TPSA) is 102 Å². The monoisotopic (exact) mass is 396 g/mol. The predicted molar refractivity (Wildman–Crippen MR) is 120 cm³/mol. The largest absolute Gasteiger partial charge is 0.494 e. The summed E-state index contributed by atoms with van der Waals surface area (Å²) in [5.74, 6) is 0.986. The Balaban J connectivity index is 2.32. The first-order chi connectivity index (χ1) is 13.9. The number of hydrogen-bond donors (Lipinski definition) is 4. The summed E-state index contributed by atoms with van der Waals surface area (Å²) in [7, 11) is 1.64. The van der Waals surface area contributed by atoms with Crippen molar-refractivity contribution < 1.29 is 9.53 Å². The fourth-order valence-corrected chi connectivity index (χ4v) is 2.84. The van der Waals surface area contributed by atoms with Crippen molar-refractivity contribution in [3.05, 3.63) is 65.3 Å². The first-order valence-corrected chi connectivity index (χ1v) is 9.92. The molecule has 1 amide bonds. The molecule has 1 aromatic carbocycles. The van der Waals surface area contributed by atoms with Gasteiger partial charge in [-0.05, 0) is 44.7 Å². The second-order valence-electron chi connectivity index (χ2n) is 7.03. The van der Waals surface area contributed by atoms with E-state index in [-0.39, 0.29) is 17.6 Å². The molecule has 0 unspecified atom stereocenters. The molecule has 1 aliphatic rings. The van der Waals surface area contributed by atoms with Gasteiger partial charge in [0.15, 0.2) is 0 Å². The van der Waals surface area contributed by atoms with Crippen LogP contribution < -0.4 is 26.8 Å². The molecule has 1 aliphatic carbocycles. The number of nitrogens with two attached hydrogens (primary N) is 2. The van der Waals surface area contributed by atoms with Crippen molar-refractivity contribution in [2.75, 3.05) is 12.4 Å². The van der Waals surface area contributed by atoms with Crippen LogP contribution in [0.3, 0.4) is 0 Å². The normalized spacial score (nSPS) is 15.9. The molecule has 1 aromatic rings. The number of hydrogen-bond acceptors (Lipinski definition) is 5. The van der Waals surface area contributed by atoms with Crippen LogP contribution in [-0.2, 0) is 4.79 Å². The molecule has 0 bridgehead atoms. The van der Waals surface area contributed by atoms with E-state index in [1.54, 1.807) is 20.1 Å². The molecule has 156 valence electrons. The molecule has 0 atom stereocenters. The Hall–Kier alpha value is -3.15. The Bertz CT molecular complexity index is 858. The van der Waals surface area contributed by atoms with Crippen LogP contribution in [0.2, 0.25) is 0 Å². The summed E-state index contributed by atoms with van der Waals surface area (Å²) < 4.78 is 5.71. The van der Waals surface area contributed by atoms with Crippen LogP contribution in [0, 0.1) is 5.92 Å². The third-order valence-corrected chi connectivity index (χ3v) is 4.58. The summed E-state index contributed by atoms with van der Waals surface area (Å²) in [6.07, 6.45) is 10.7. The average molecular weight is 397 g/mol. The fourth-order valence-electron chi connectivity index (χ4n) is 2.84. The van der Waals surface area contributed by atoms with Gasteiger partial charge in [-0.25, -0.2) is 0 Å². The lowest BCUT2D eigenvalue weighted by Gasteiger charge is -2.17. The van der Waals surface area contributed by atoms with Gasteiger partial charge in [0.2, 0.25) is 5.91 Å². The standard InChI is InChI=1S/C23H32N4O2/c1-5-7-9-16(6-2)18-10-8-11-19(22(18)29-4)26-20(15(3)24)14-21(25)27-23(28)17-12-13-17/h6-11,14,17,26H,5,12-13,24-25H2,1-4H3,(H,27,28)/b9-7-,16-6+,20-15+,21-14+. The summed E-state index contributed by atoms with van der Waals surface area (Å²) in [4.78, 5) is 11.9. The van der Waals surface area contributed by atoms with Crippen LogP contribution in [-0.4, -0.2) is 13.0 Å². The second kappa shape index (κ2) is 10.4. The zero-order valence-corrected chi connectivity index (χ0v) is 17.7. The SMILES string of the molecule is C/C=C(\C=C/CC)c1cccc(NC(/C=C(\N)NC(=O)C2CC2)=C(\C)N)c1OC.